The normalized spacial score (nSPS) is 22.6. The van der Waals surface area contributed by atoms with E-state index in [1.807, 2.05) is 11.3 Å². The topological polar surface area (TPSA) is 18.5 Å². The van der Waals surface area contributed by atoms with Gasteiger partial charge in [0.1, 0.15) is 6.10 Å². The van der Waals surface area contributed by atoms with Gasteiger partial charge < -0.3 is 9.47 Å². The fourth-order valence-electron chi connectivity index (χ4n) is 5.98. The van der Waals surface area contributed by atoms with Gasteiger partial charge in [0.2, 0.25) is 0 Å². The molecule has 4 aromatic carbocycles. The van der Waals surface area contributed by atoms with E-state index in [1.165, 1.54) is 37.2 Å². The van der Waals surface area contributed by atoms with E-state index < -0.39 is 0 Å². The van der Waals surface area contributed by atoms with E-state index in [2.05, 4.69) is 141 Å². The number of hydrogen-bond acceptors (Lipinski definition) is 4. The van der Waals surface area contributed by atoms with Crippen LogP contribution in [0.5, 0.6) is 0 Å². The molecular weight excluding hydrogens is 541 g/mol. The highest BCUT2D eigenvalue weighted by Gasteiger charge is 2.45. The van der Waals surface area contributed by atoms with Crippen LogP contribution in [0, 0.1) is 5.92 Å². The predicted octanol–water partition coefficient (Wildman–Crippen LogP) is 9.87. The predicted molar refractivity (Wildman–Crippen MR) is 175 cm³/mol. The highest BCUT2D eigenvalue weighted by atomic mass is 32.2. The van der Waals surface area contributed by atoms with Crippen molar-refractivity contribution in [2.75, 3.05) is 0 Å². The van der Waals surface area contributed by atoms with Crippen LogP contribution in [0.25, 0.3) is 10.1 Å². The average Bonchev–Trinajstić information content (AvgIpc) is 3.43. The van der Waals surface area contributed by atoms with Crippen LogP contribution in [0.4, 0.5) is 0 Å². The SMILES string of the molecule is CC[C@H]1S[C@@H](c2cccc(Cc3cc4ccccc4s3)c2)[C@H](OCc2ccccc2)[C@@H](OCc2ccccc2)[C@@H]1C. The minimum Gasteiger partial charge on any atom is -0.370 e. The van der Waals surface area contributed by atoms with Crippen molar-refractivity contribution in [3.05, 3.63) is 142 Å². The van der Waals surface area contributed by atoms with Crippen LogP contribution in [0.15, 0.2) is 115 Å². The standard InChI is InChI=1S/C37H38O2S2/c1-3-33-26(2)35(38-24-27-13-6-4-7-14-27)36(39-25-28-15-8-5-9-16-28)37(41-33)31-19-12-17-29(21-31)22-32-23-30-18-10-11-20-34(30)40-32/h4-21,23,26,33,35-37H,3,22,24-25H2,1-2H3/t26-,33-,35+,36-,37+/m1/s1. The van der Waals surface area contributed by atoms with Crippen LogP contribution in [0.1, 0.15) is 52.6 Å². The van der Waals surface area contributed by atoms with Crippen molar-refractivity contribution in [3.63, 3.8) is 0 Å². The number of fused-ring (bicyclic) bond motifs is 1. The third kappa shape index (κ3) is 6.79. The monoisotopic (exact) mass is 578 g/mol. The molecule has 6 rings (SSSR count). The number of ether oxygens (including phenoxy) is 2. The molecule has 0 amide bonds. The molecule has 0 aliphatic carbocycles. The molecule has 1 saturated heterocycles. The Labute approximate surface area is 252 Å². The maximum atomic E-state index is 6.85. The van der Waals surface area contributed by atoms with Crippen LogP contribution >= 0.6 is 23.1 Å². The molecule has 1 aromatic heterocycles. The van der Waals surface area contributed by atoms with Crippen LogP contribution in [0.2, 0.25) is 0 Å². The molecule has 1 aliphatic heterocycles. The molecule has 0 radical (unpaired) electrons. The molecule has 4 heteroatoms. The Bertz CT molecular complexity index is 1500. The summed E-state index contributed by atoms with van der Waals surface area (Å²) in [7, 11) is 0. The second-order valence-corrected chi connectivity index (χ2v) is 13.6. The molecule has 0 N–H and O–H groups in total. The molecule has 5 atom stereocenters. The van der Waals surface area contributed by atoms with Gasteiger partial charge in [0.25, 0.3) is 0 Å². The highest BCUT2D eigenvalue weighted by molar-refractivity contribution is 8.00. The van der Waals surface area contributed by atoms with Crippen molar-refractivity contribution in [1.82, 2.24) is 0 Å². The van der Waals surface area contributed by atoms with Crippen molar-refractivity contribution < 1.29 is 9.47 Å². The zero-order valence-corrected chi connectivity index (χ0v) is 25.5. The fraction of sp³-hybridized carbons (Fsp3) is 0.297. The summed E-state index contributed by atoms with van der Waals surface area (Å²) in [5.41, 5.74) is 5.09. The Morgan fingerprint density at radius 1 is 0.659 bits per heavy atom. The van der Waals surface area contributed by atoms with Gasteiger partial charge >= 0.3 is 0 Å². The summed E-state index contributed by atoms with van der Waals surface area (Å²) in [6.07, 6.45) is 2.00. The Morgan fingerprint density at radius 2 is 1.29 bits per heavy atom. The lowest BCUT2D eigenvalue weighted by molar-refractivity contribution is -0.112. The van der Waals surface area contributed by atoms with Crippen LogP contribution in [-0.2, 0) is 29.1 Å². The maximum Gasteiger partial charge on any atom is 0.100 e. The Morgan fingerprint density at radius 3 is 1.98 bits per heavy atom. The third-order valence-corrected chi connectivity index (χ3v) is 11.2. The van der Waals surface area contributed by atoms with Gasteiger partial charge in [-0.25, -0.2) is 0 Å². The van der Waals surface area contributed by atoms with Crippen LogP contribution in [-0.4, -0.2) is 17.5 Å². The molecule has 0 unspecified atom stereocenters. The first kappa shape index (κ1) is 28.2. The number of thiophene rings is 1. The Kier molecular flexibility index (Phi) is 9.22. The summed E-state index contributed by atoms with van der Waals surface area (Å²) in [6, 6.07) is 41.3. The van der Waals surface area contributed by atoms with E-state index in [1.54, 1.807) is 0 Å². The largest absolute Gasteiger partial charge is 0.370 e. The molecule has 41 heavy (non-hydrogen) atoms. The molecule has 0 spiro atoms. The lowest BCUT2D eigenvalue weighted by Gasteiger charge is -2.45. The lowest BCUT2D eigenvalue weighted by atomic mass is 9.89. The maximum absolute atomic E-state index is 6.85. The van der Waals surface area contributed by atoms with E-state index in [4.69, 9.17) is 9.47 Å². The molecule has 1 aliphatic rings. The molecule has 5 aromatic rings. The summed E-state index contributed by atoms with van der Waals surface area (Å²) in [5, 5.41) is 2.03. The quantitative estimate of drug-likeness (QED) is 0.164. The Hall–Kier alpha value is -2.89. The highest BCUT2D eigenvalue weighted by Crippen LogP contribution is 2.49. The van der Waals surface area contributed by atoms with E-state index in [0.717, 1.165) is 12.8 Å². The molecule has 2 nitrogen and oxygen atoms in total. The smallest absolute Gasteiger partial charge is 0.100 e. The zero-order valence-electron chi connectivity index (χ0n) is 23.8. The van der Waals surface area contributed by atoms with Crippen LogP contribution < -0.4 is 0 Å². The first-order valence-corrected chi connectivity index (χ1v) is 16.5. The van der Waals surface area contributed by atoms with Gasteiger partial charge in [-0.2, -0.15) is 0 Å². The van der Waals surface area contributed by atoms with Gasteiger partial charge in [0.15, 0.2) is 0 Å². The van der Waals surface area contributed by atoms with Gasteiger partial charge in [-0.15, -0.1) is 23.1 Å². The van der Waals surface area contributed by atoms with E-state index >= 15 is 0 Å². The summed E-state index contributed by atoms with van der Waals surface area (Å²) < 4.78 is 15.0. The van der Waals surface area contributed by atoms with Crippen molar-refractivity contribution in [2.45, 2.75) is 62.6 Å². The minimum atomic E-state index is -0.0544. The van der Waals surface area contributed by atoms with E-state index in [-0.39, 0.29) is 17.5 Å². The summed E-state index contributed by atoms with van der Waals surface area (Å²) in [5.74, 6) is 0.382. The first-order valence-electron chi connectivity index (χ1n) is 14.7. The van der Waals surface area contributed by atoms with Gasteiger partial charge in [-0.05, 0) is 52.1 Å². The molecule has 1 fully saturated rings. The third-order valence-electron chi connectivity index (χ3n) is 8.16. The van der Waals surface area contributed by atoms with Gasteiger partial charge in [-0.1, -0.05) is 117 Å². The molecule has 2 heterocycles. The van der Waals surface area contributed by atoms with E-state index in [9.17, 15) is 0 Å². The van der Waals surface area contributed by atoms with Crippen molar-refractivity contribution >= 4 is 33.2 Å². The van der Waals surface area contributed by atoms with Crippen molar-refractivity contribution in [1.29, 1.82) is 0 Å². The lowest BCUT2D eigenvalue weighted by Crippen LogP contribution is -2.48. The van der Waals surface area contributed by atoms with Crippen molar-refractivity contribution in [3.8, 4) is 0 Å². The van der Waals surface area contributed by atoms with E-state index in [0.29, 0.717) is 24.4 Å². The average molecular weight is 579 g/mol. The minimum absolute atomic E-state index is 0.00127. The number of benzene rings is 4. The van der Waals surface area contributed by atoms with Gasteiger partial charge in [-0.3, -0.25) is 0 Å². The van der Waals surface area contributed by atoms with Crippen molar-refractivity contribution in [2.24, 2.45) is 5.92 Å². The molecule has 0 saturated carbocycles. The zero-order chi connectivity index (χ0) is 28.0. The van der Waals surface area contributed by atoms with Gasteiger partial charge in [0.05, 0.1) is 24.6 Å². The van der Waals surface area contributed by atoms with Crippen LogP contribution in [0.3, 0.4) is 0 Å². The summed E-state index contributed by atoms with van der Waals surface area (Å²) in [6.45, 7) is 5.84. The second-order valence-electron chi connectivity index (χ2n) is 11.1. The Balaban J connectivity index is 1.29. The summed E-state index contributed by atoms with van der Waals surface area (Å²) in [4.78, 5) is 1.40. The second kappa shape index (κ2) is 13.4. The molecular formula is C37H38O2S2. The molecule has 0 bridgehead atoms. The number of thioether (sulfide) groups is 1. The first-order chi connectivity index (χ1) is 20.2. The summed E-state index contributed by atoms with van der Waals surface area (Å²) >= 11 is 3.98. The number of rotatable bonds is 10. The fourth-order valence-corrected chi connectivity index (χ4v) is 8.74. The van der Waals surface area contributed by atoms with Gasteiger partial charge in [0, 0.05) is 21.2 Å². The molecule has 210 valence electrons. The number of hydrogen-bond donors (Lipinski definition) is 0.